The predicted molar refractivity (Wildman–Crippen MR) is 73.0 cm³/mol. The van der Waals surface area contributed by atoms with Crippen molar-refractivity contribution < 1.29 is 19.5 Å². The number of imide groups is 1. The summed E-state index contributed by atoms with van der Waals surface area (Å²) in [6.45, 7) is 1.01. The highest BCUT2D eigenvalue weighted by molar-refractivity contribution is 5.98. The molecule has 0 heterocycles. The van der Waals surface area contributed by atoms with Crippen LogP contribution in [0.5, 0.6) is 0 Å². The molecule has 0 aromatic heterocycles. The first-order valence-corrected chi connectivity index (χ1v) is 5.76. The normalized spacial score (nSPS) is 11.4. The van der Waals surface area contributed by atoms with Crippen LogP contribution in [-0.4, -0.2) is 35.6 Å². The average Bonchev–Trinajstić information content (AvgIpc) is 2.35. The van der Waals surface area contributed by atoms with Gasteiger partial charge in [0.1, 0.15) is 12.6 Å². The highest BCUT2D eigenvalue weighted by atomic mass is 16.4. The standard InChI is InChI=1S/C12H16N4O4/c1-7(11(19)15-12(14)20)16(6-10(17)18)9-5-3-2-4-8(9)13/h2-5,7H,6,13H2,1H3,(H,17,18)(H3,14,15,19,20). The van der Waals surface area contributed by atoms with Crippen molar-refractivity contribution in [3.05, 3.63) is 24.3 Å². The number of benzene rings is 1. The molecule has 1 atom stereocenters. The summed E-state index contributed by atoms with van der Waals surface area (Å²) in [7, 11) is 0. The van der Waals surface area contributed by atoms with Crippen molar-refractivity contribution in [1.29, 1.82) is 0 Å². The largest absolute Gasteiger partial charge is 0.480 e. The van der Waals surface area contributed by atoms with Crippen molar-refractivity contribution in [1.82, 2.24) is 5.32 Å². The van der Waals surface area contributed by atoms with Crippen molar-refractivity contribution in [3.63, 3.8) is 0 Å². The van der Waals surface area contributed by atoms with E-state index < -0.39 is 30.5 Å². The molecule has 0 bridgehead atoms. The molecule has 3 amide bonds. The summed E-state index contributed by atoms with van der Waals surface area (Å²) in [5.41, 5.74) is 11.4. The Hall–Kier alpha value is -2.77. The zero-order chi connectivity index (χ0) is 15.3. The fourth-order valence-electron chi connectivity index (χ4n) is 1.69. The molecule has 0 aliphatic carbocycles. The lowest BCUT2D eigenvalue weighted by atomic mass is 10.2. The number of carbonyl (C=O) groups is 3. The molecule has 108 valence electrons. The Morgan fingerprint density at radius 2 is 1.95 bits per heavy atom. The second-order valence-electron chi connectivity index (χ2n) is 4.11. The molecule has 0 saturated heterocycles. The van der Waals surface area contributed by atoms with Gasteiger partial charge in [-0.3, -0.25) is 14.9 Å². The van der Waals surface area contributed by atoms with Crippen LogP contribution in [0.25, 0.3) is 0 Å². The number of rotatable bonds is 5. The number of nitrogen functional groups attached to an aromatic ring is 1. The average molecular weight is 280 g/mol. The molecule has 1 unspecified atom stereocenters. The number of nitrogens with zero attached hydrogens (tertiary/aromatic N) is 1. The summed E-state index contributed by atoms with van der Waals surface area (Å²) in [5.74, 6) is -1.84. The van der Waals surface area contributed by atoms with Gasteiger partial charge in [-0.15, -0.1) is 0 Å². The van der Waals surface area contributed by atoms with Crippen LogP contribution in [0.3, 0.4) is 0 Å². The summed E-state index contributed by atoms with van der Waals surface area (Å²) < 4.78 is 0. The number of carboxylic acids is 1. The van der Waals surface area contributed by atoms with Crippen LogP contribution in [0.2, 0.25) is 0 Å². The van der Waals surface area contributed by atoms with Crippen LogP contribution >= 0.6 is 0 Å². The molecule has 0 aliphatic rings. The molecule has 1 aromatic rings. The molecular formula is C12H16N4O4. The van der Waals surface area contributed by atoms with Crippen molar-refractivity contribution in [2.24, 2.45) is 5.73 Å². The molecule has 1 aromatic carbocycles. The number of urea groups is 1. The quantitative estimate of drug-likeness (QED) is 0.548. The number of nitrogens with one attached hydrogen (secondary N) is 1. The number of hydrogen-bond donors (Lipinski definition) is 4. The van der Waals surface area contributed by atoms with Gasteiger partial charge in [0.05, 0.1) is 11.4 Å². The van der Waals surface area contributed by atoms with E-state index in [1.54, 1.807) is 24.3 Å². The zero-order valence-corrected chi connectivity index (χ0v) is 10.9. The van der Waals surface area contributed by atoms with Crippen LogP contribution in [0.4, 0.5) is 16.2 Å². The first-order valence-electron chi connectivity index (χ1n) is 5.76. The number of para-hydroxylation sites is 2. The van der Waals surface area contributed by atoms with Gasteiger partial charge in [0.25, 0.3) is 0 Å². The van der Waals surface area contributed by atoms with E-state index in [4.69, 9.17) is 16.6 Å². The van der Waals surface area contributed by atoms with Crippen molar-refractivity contribution in [2.45, 2.75) is 13.0 Å². The summed E-state index contributed by atoms with van der Waals surface area (Å²) in [4.78, 5) is 34.7. The zero-order valence-electron chi connectivity index (χ0n) is 10.9. The van der Waals surface area contributed by atoms with Gasteiger partial charge in [-0.25, -0.2) is 4.79 Å². The Morgan fingerprint density at radius 3 is 2.45 bits per heavy atom. The Labute approximate surface area is 115 Å². The van der Waals surface area contributed by atoms with Crippen LogP contribution in [-0.2, 0) is 9.59 Å². The molecule has 0 radical (unpaired) electrons. The number of nitrogens with two attached hydrogens (primary N) is 2. The maximum atomic E-state index is 11.8. The Balaban J connectivity index is 3.06. The number of anilines is 2. The topological polar surface area (TPSA) is 139 Å². The molecule has 0 saturated carbocycles. The number of primary amides is 1. The minimum absolute atomic E-state index is 0.326. The molecule has 8 nitrogen and oxygen atoms in total. The number of carboxylic acid groups (broad SMARTS) is 1. The maximum absolute atomic E-state index is 11.8. The molecule has 8 heteroatoms. The Bertz CT molecular complexity index is 532. The van der Waals surface area contributed by atoms with E-state index in [-0.39, 0.29) is 0 Å². The third-order valence-corrected chi connectivity index (χ3v) is 2.65. The lowest BCUT2D eigenvalue weighted by Crippen LogP contribution is -2.50. The molecule has 0 fully saturated rings. The maximum Gasteiger partial charge on any atom is 0.323 e. The van der Waals surface area contributed by atoms with Gasteiger partial charge in [-0.2, -0.15) is 0 Å². The molecule has 20 heavy (non-hydrogen) atoms. The number of carbonyl (C=O) groups excluding carboxylic acids is 2. The summed E-state index contributed by atoms with van der Waals surface area (Å²) in [6.07, 6.45) is 0. The van der Waals surface area contributed by atoms with Gasteiger partial charge in [-0.05, 0) is 19.1 Å². The molecule has 0 spiro atoms. The van der Waals surface area contributed by atoms with Crippen LogP contribution in [0, 0.1) is 0 Å². The third-order valence-electron chi connectivity index (χ3n) is 2.65. The smallest absolute Gasteiger partial charge is 0.323 e. The second-order valence-corrected chi connectivity index (χ2v) is 4.11. The fourth-order valence-corrected chi connectivity index (χ4v) is 1.69. The minimum Gasteiger partial charge on any atom is -0.480 e. The van der Waals surface area contributed by atoms with E-state index in [2.05, 4.69) is 0 Å². The number of hydrogen-bond acceptors (Lipinski definition) is 5. The van der Waals surface area contributed by atoms with Gasteiger partial charge < -0.3 is 21.5 Å². The summed E-state index contributed by atoms with van der Waals surface area (Å²) in [6, 6.07) is 4.60. The summed E-state index contributed by atoms with van der Waals surface area (Å²) in [5, 5.41) is 10.9. The van der Waals surface area contributed by atoms with Gasteiger partial charge in [0.15, 0.2) is 0 Å². The first kappa shape index (κ1) is 15.3. The first-order chi connectivity index (χ1) is 9.32. The van der Waals surface area contributed by atoms with Gasteiger partial charge in [0.2, 0.25) is 5.91 Å². The van der Waals surface area contributed by atoms with Gasteiger partial charge >= 0.3 is 12.0 Å². The highest BCUT2D eigenvalue weighted by Gasteiger charge is 2.25. The van der Waals surface area contributed by atoms with Crippen molar-refractivity contribution >= 4 is 29.3 Å². The van der Waals surface area contributed by atoms with Gasteiger partial charge in [0, 0.05) is 0 Å². The predicted octanol–water partition coefficient (Wildman–Crippen LogP) is -0.257. The second kappa shape index (κ2) is 6.41. The van der Waals surface area contributed by atoms with E-state index in [1.807, 2.05) is 5.32 Å². The molecule has 1 rings (SSSR count). The fraction of sp³-hybridized carbons (Fsp3) is 0.250. The van der Waals surface area contributed by atoms with Gasteiger partial charge in [-0.1, -0.05) is 12.1 Å². The number of amides is 3. The number of aliphatic carboxylic acids is 1. The van der Waals surface area contributed by atoms with E-state index in [1.165, 1.54) is 11.8 Å². The van der Waals surface area contributed by atoms with Crippen LogP contribution < -0.4 is 21.7 Å². The molecule has 6 N–H and O–H groups in total. The monoisotopic (exact) mass is 280 g/mol. The van der Waals surface area contributed by atoms with E-state index in [0.29, 0.717) is 11.4 Å². The highest BCUT2D eigenvalue weighted by Crippen LogP contribution is 2.24. The lowest BCUT2D eigenvalue weighted by Gasteiger charge is -2.29. The van der Waals surface area contributed by atoms with Crippen LogP contribution in [0.15, 0.2) is 24.3 Å². The molecule has 0 aliphatic heterocycles. The Kier molecular flexibility index (Phi) is 4.90. The van der Waals surface area contributed by atoms with Crippen molar-refractivity contribution in [3.8, 4) is 0 Å². The summed E-state index contributed by atoms with van der Waals surface area (Å²) >= 11 is 0. The van der Waals surface area contributed by atoms with E-state index >= 15 is 0 Å². The third kappa shape index (κ3) is 3.87. The van der Waals surface area contributed by atoms with Crippen LogP contribution in [0.1, 0.15) is 6.92 Å². The molecular weight excluding hydrogens is 264 g/mol. The lowest BCUT2D eigenvalue weighted by molar-refractivity contribution is -0.135. The SMILES string of the molecule is CC(C(=O)NC(N)=O)N(CC(=O)O)c1ccccc1N. The van der Waals surface area contributed by atoms with E-state index in [9.17, 15) is 14.4 Å². The van der Waals surface area contributed by atoms with E-state index in [0.717, 1.165) is 0 Å². The minimum atomic E-state index is -1.13. The Morgan fingerprint density at radius 1 is 1.35 bits per heavy atom. The van der Waals surface area contributed by atoms with Crippen molar-refractivity contribution in [2.75, 3.05) is 17.2 Å².